The number of carboxylic acids is 2. The van der Waals surface area contributed by atoms with Crippen LogP contribution in [0.3, 0.4) is 0 Å². The Bertz CT molecular complexity index is 1690. The van der Waals surface area contributed by atoms with Gasteiger partial charge in [-0.05, 0) is 23.3 Å². The lowest BCUT2D eigenvalue weighted by Gasteiger charge is -2.16. The third kappa shape index (κ3) is 7.26. The maximum Gasteiger partial charge on any atom is 0.306 e. The number of amides is 1. The average molecular weight is 701 g/mol. The van der Waals surface area contributed by atoms with Crippen molar-refractivity contribution in [3.8, 4) is 23.0 Å². The van der Waals surface area contributed by atoms with Crippen LogP contribution in [0.5, 0.6) is 23.0 Å². The van der Waals surface area contributed by atoms with E-state index in [1.165, 1.54) is 39.0 Å². The smallest absolute Gasteiger partial charge is 0.306 e. The summed E-state index contributed by atoms with van der Waals surface area (Å²) in [5.74, 6) is -5.04. The van der Waals surface area contributed by atoms with Crippen LogP contribution in [0, 0.1) is 17.7 Å². The normalized spacial score (nSPS) is 13.7. The Labute approximate surface area is 277 Å². The Balaban J connectivity index is 1.43. The van der Waals surface area contributed by atoms with E-state index in [0.717, 1.165) is 16.9 Å². The van der Waals surface area contributed by atoms with Crippen LogP contribution in [0.25, 0.3) is 10.1 Å². The van der Waals surface area contributed by atoms with Crippen molar-refractivity contribution >= 4 is 68.3 Å². The lowest BCUT2D eigenvalue weighted by Crippen LogP contribution is -2.28. The summed E-state index contributed by atoms with van der Waals surface area (Å²) >= 11 is 14.0. The van der Waals surface area contributed by atoms with Gasteiger partial charge in [0, 0.05) is 37.7 Å². The second-order valence-electron chi connectivity index (χ2n) is 10.8. The van der Waals surface area contributed by atoms with E-state index in [0.29, 0.717) is 22.8 Å². The largest absolute Gasteiger partial charge is 0.491 e. The number of methoxy groups -OCH3 is 2. The first kappa shape index (κ1) is 35.1. The summed E-state index contributed by atoms with van der Waals surface area (Å²) in [4.78, 5) is 49.3. The van der Waals surface area contributed by atoms with Gasteiger partial charge in [0.05, 0.1) is 58.9 Å². The fourth-order valence-electron chi connectivity index (χ4n) is 4.89. The van der Waals surface area contributed by atoms with Crippen molar-refractivity contribution in [2.75, 3.05) is 27.4 Å². The lowest BCUT2D eigenvalue weighted by atomic mass is 10.0. The van der Waals surface area contributed by atoms with Gasteiger partial charge in [0.1, 0.15) is 0 Å². The molecular formula is C31H32Cl2FNO10S. The standard InChI is InChI=1S/C31H32Cl2FNO10S/c1-14(30(38)39)8-19(36)21-11-17-23(32)27(28(43-4)25(34)29(17)46-21)45-7-5-6-44-20-10-16-12-35(22(37)9-15(2)31(40)41)13-18(16)24(33)26(20)42-3/h10-11,14-15H,5-9,12-13H2,1-4H3,(H,38,39)(H,40,41). The van der Waals surface area contributed by atoms with Crippen LogP contribution >= 0.6 is 34.5 Å². The number of carbonyl (C=O) groups is 4. The molecule has 46 heavy (non-hydrogen) atoms. The molecule has 0 saturated heterocycles. The van der Waals surface area contributed by atoms with Gasteiger partial charge in [-0.25, -0.2) is 4.39 Å². The maximum absolute atomic E-state index is 15.4. The molecule has 1 amide bonds. The molecule has 0 saturated carbocycles. The molecule has 0 spiro atoms. The summed E-state index contributed by atoms with van der Waals surface area (Å²) in [7, 11) is 2.70. The number of carbonyl (C=O) groups excluding carboxylic acids is 2. The number of fused-ring (bicyclic) bond motifs is 2. The van der Waals surface area contributed by atoms with Crippen LogP contribution in [0.1, 0.15) is 53.9 Å². The molecule has 1 aromatic heterocycles. The van der Waals surface area contributed by atoms with Gasteiger partial charge in [0.2, 0.25) is 5.91 Å². The molecule has 11 nitrogen and oxygen atoms in total. The molecule has 0 fully saturated rings. The number of hydrogen-bond donors (Lipinski definition) is 2. The first-order valence-electron chi connectivity index (χ1n) is 14.2. The second-order valence-corrected chi connectivity index (χ2v) is 12.6. The van der Waals surface area contributed by atoms with Gasteiger partial charge in [-0.3, -0.25) is 19.2 Å². The summed E-state index contributed by atoms with van der Waals surface area (Å²) < 4.78 is 38.0. The number of nitrogens with zero attached hydrogens (tertiary/aromatic N) is 1. The van der Waals surface area contributed by atoms with Crippen LogP contribution in [-0.2, 0) is 27.5 Å². The SMILES string of the molecule is COc1c(OCCCOc2c(OC)c(F)c3sc(C(=O)CC(C)C(=O)O)cc3c2Cl)cc2c(c1Cl)CN(C(=O)CC(C)C(=O)O)C2. The van der Waals surface area contributed by atoms with Crippen molar-refractivity contribution in [1.29, 1.82) is 0 Å². The summed E-state index contributed by atoms with van der Waals surface area (Å²) in [6.07, 6.45) is -0.0650. The first-order chi connectivity index (χ1) is 21.8. The van der Waals surface area contributed by atoms with E-state index < -0.39 is 35.4 Å². The molecule has 3 aromatic rings. The Kier molecular flexibility index (Phi) is 11.2. The lowest BCUT2D eigenvalue weighted by molar-refractivity contribution is -0.145. The first-order valence-corrected chi connectivity index (χ1v) is 15.7. The molecule has 2 N–H and O–H groups in total. The third-order valence-electron chi connectivity index (χ3n) is 7.51. The highest BCUT2D eigenvalue weighted by atomic mass is 35.5. The van der Waals surface area contributed by atoms with E-state index in [-0.39, 0.29) is 82.3 Å². The molecule has 0 radical (unpaired) electrons. The number of aliphatic carboxylic acids is 2. The van der Waals surface area contributed by atoms with Crippen LogP contribution in [0.15, 0.2) is 12.1 Å². The van der Waals surface area contributed by atoms with E-state index in [2.05, 4.69) is 0 Å². The highest BCUT2D eigenvalue weighted by Gasteiger charge is 2.31. The van der Waals surface area contributed by atoms with Gasteiger partial charge < -0.3 is 34.1 Å². The van der Waals surface area contributed by atoms with Gasteiger partial charge in [0.25, 0.3) is 0 Å². The maximum atomic E-state index is 15.4. The number of ketones is 1. The Morgan fingerprint density at radius 2 is 1.54 bits per heavy atom. The predicted octanol–water partition coefficient (Wildman–Crippen LogP) is 6.46. The number of ether oxygens (including phenoxy) is 4. The fraction of sp³-hybridized carbons (Fsp3) is 0.419. The minimum Gasteiger partial charge on any atom is -0.491 e. The molecule has 2 unspecified atom stereocenters. The van der Waals surface area contributed by atoms with Crippen molar-refractivity contribution in [2.45, 2.75) is 46.2 Å². The van der Waals surface area contributed by atoms with Crippen LogP contribution in [0.2, 0.25) is 10.0 Å². The Morgan fingerprint density at radius 3 is 2.17 bits per heavy atom. The molecular weight excluding hydrogens is 668 g/mol. The summed E-state index contributed by atoms with van der Waals surface area (Å²) in [6, 6.07) is 3.15. The zero-order valence-electron chi connectivity index (χ0n) is 25.4. The summed E-state index contributed by atoms with van der Waals surface area (Å²) in [5, 5.41) is 18.8. The van der Waals surface area contributed by atoms with E-state index in [1.807, 2.05) is 0 Å². The van der Waals surface area contributed by atoms with Crippen molar-refractivity contribution in [2.24, 2.45) is 11.8 Å². The van der Waals surface area contributed by atoms with Crippen molar-refractivity contribution in [1.82, 2.24) is 4.90 Å². The highest BCUT2D eigenvalue weighted by molar-refractivity contribution is 7.21. The predicted molar refractivity (Wildman–Crippen MR) is 168 cm³/mol. The summed E-state index contributed by atoms with van der Waals surface area (Å²) in [5.41, 5.74) is 1.44. The molecule has 248 valence electrons. The van der Waals surface area contributed by atoms with Gasteiger partial charge >= 0.3 is 11.9 Å². The van der Waals surface area contributed by atoms with Gasteiger partial charge in [-0.15, -0.1) is 11.3 Å². The molecule has 2 heterocycles. The topological polar surface area (TPSA) is 149 Å². The molecule has 0 aliphatic carbocycles. The number of thiophene rings is 1. The van der Waals surface area contributed by atoms with E-state index in [4.69, 9.17) is 52.4 Å². The Morgan fingerprint density at radius 1 is 0.913 bits per heavy atom. The van der Waals surface area contributed by atoms with Crippen LogP contribution in [-0.4, -0.2) is 66.2 Å². The van der Waals surface area contributed by atoms with Gasteiger partial charge in [0.15, 0.2) is 34.6 Å². The molecule has 15 heteroatoms. The summed E-state index contributed by atoms with van der Waals surface area (Å²) in [6.45, 7) is 3.52. The van der Waals surface area contributed by atoms with Crippen LogP contribution in [0.4, 0.5) is 4.39 Å². The number of benzene rings is 2. The number of rotatable bonds is 15. The van der Waals surface area contributed by atoms with Crippen molar-refractivity contribution in [3.63, 3.8) is 0 Å². The molecule has 1 aliphatic heterocycles. The highest BCUT2D eigenvalue weighted by Crippen LogP contribution is 2.47. The minimum atomic E-state index is -1.11. The number of carboxylic acid groups (broad SMARTS) is 2. The zero-order valence-corrected chi connectivity index (χ0v) is 27.7. The Hall–Kier alpha value is -3.81. The molecule has 1 aliphatic rings. The number of halogens is 3. The fourth-order valence-corrected chi connectivity index (χ4v) is 6.63. The van der Waals surface area contributed by atoms with Crippen molar-refractivity contribution in [3.05, 3.63) is 44.0 Å². The van der Waals surface area contributed by atoms with Gasteiger partial charge in [-0.1, -0.05) is 37.0 Å². The second kappa shape index (κ2) is 14.7. The third-order valence-corrected chi connectivity index (χ3v) is 9.45. The average Bonchev–Trinajstić information content (AvgIpc) is 3.65. The van der Waals surface area contributed by atoms with Crippen LogP contribution < -0.4 is 18.9 Å². The zero-order chi connectivity index (χ0) is 33.9. The molecule has 2 atom stereocenters. The molecule has 4 rings (SSSR count). The molecule has 2 aromatic carbocycles. The number of Topliss-reactive ketones (excluding diaryl/α,β-unsaturated/α-hetero) is 1. The van der Waals surface area contributed by atoms with E-state index in [9.17, 15) is 19.2 Å². The quantitative estimate of drug-likeness (QED) is 0.134. The van der Waals surface area contributed by atoms with E-state index >= 15 is 4.39 Å². The van der Waals surface area contributed by atoms with Crippen molar-refractivity contribution < 1.29 is 52.7 Å². The monoisotopic (exact) mass is 699 g/mol. The number of hydrogen-bond acceptors (Lipinski definition) is 9. The molecule has 0 bridgehead atoms. The minimum absolute atomic E-state index is 0.0398. The van der Waals surface area contributed by atoms with E-state index in [1.54, 1.807) is 6.07 Å². The van der Waals surface area contributed by atoms with Gasteiger partial charge in [-0.2, -0.15) is 0 Å².